The van der Waals surface area contributed by atoms with Gasteiger partial charge in [-0.2, -0.15) is 5.10 Å². The topological polar surface area (TPSA) is 137 Å². The summed E-state index contributed by atoms with van der Waals surface area (Å²) in [6, 6.07) is 0. The molecule has 0 heterocycles. The second kappa shape index (κ2) is 10.8. The van der Waals surface area contributed by atoms with Crippen LogP contribution < -0.4 is 16.1 Å². The maximum absolute atomic E-state index is 12.4. The number of hydrogen-bond acceptors (Lipinski definition) is 6. The van der Waals surface area contributed by atoms with Gasteiger partial charge in [-0.15, -0.1) is 0 Å². The highest BCUT2D eigenvalue weighted by atomic mass is 16.3. The van der Waals surface area contributed by atoms with Gasteiger partial charge in [-0.3, -0.25) is 19.2 Å². The smallest absolute Gasteiger partial charge is 0.259 e. The van der Waals surface area contributed by atoms with E-state index in [-0.39, 0.29) is 41.5 Å². The maximum atomic E-state index is 12.4. The molecule has 0 aliphatic heterocycles. The van der Waals surface area contributed by atoms with Crippen LogP contribution in [0.25, 0.3) is 0 Å². The van der Waals surface area contributed by atoms with Crippen molar-refractivity contribution in [3.8, 4) is 0 Å². The second-order valence-electron chi connectivity index (χ2n) is 12.5. The van der Waals surface area contributed by atoms with Crippen LogP contribution in [0.1, 0.15) is 60.3 Å². The van der Waals surface area contributed by atoms with E-state index in [0.717, 1.165) is 30.5 Å². The summed E-state index contributed by atoms with van der Waals surface area (Å²) >= 11 is 0. The molecule has 2 unspecified atom stereocenters. The minimum absolute atomic E-state index is 0.0358. The van der Waals surface area contributed by atoms with Crippen LogP contribution in [-0.2, 0) is 19.2 Å². The third kappa shape index (κ3) is 5.38. The van der Waals surface area contributed by atoms with Gasteiger partial charge in [0.1, 0.15) is 0 Å². The normalized spacial score (nSPS) is 37.1. The molecular weight excluding hydrogens is 496 g/mol. The van der Waals surface area contributed by atoms with Crippen molar-refractivity contribution in [3.05, 3.63) is 36.0 Å². The van der Waals surface area contributed by atoms with Gasteiger partial charge in [0.15, 0.2) is 5.78 Å². The molecule has 212 valence electrons. The number of nitrogens with zero attached hydrogens (tertiary/aromatic N) is 1. The SMILES string of the molecule is C=C(C)C(=O)NCC(=O)NCC(=O)N/N=C(/C)[C@H]1[C@H](C)CC2[C@@H]3CCC4=CC(=O)C=C[C@]4(C)C3[C@@H](O)C[C@@]21C. The standard InChI is InChI=1S/C30H42N4O5/c1-16(2)28(39)32-14-24(37)31-15-25(38)34-33-18(4)26-17(3)11-22-21-8-7-19-12-20(35)9-10-29(19,5)27(21)23(36)13-30(22,26)6/h9-10,12,17,21-23,26-27,36H,1,7-8,11,13-15H2,2-6H3,(H,31,37)(H,32,39)(H,34,38)/b33-18-/t17-,21+,22?,23+,26-,27?,29+,30+/m1/s1. The summed E-state index contributed by atoms with van der Waals surface area (Å²) in [6.45, 7) is 13.1. The predicted molar refractivity (Wildman–Crippen MR) is 148 cm³/mol. The summed E-state index contributed by atoms with van der Waals surface area (Å²) < 4.78 is 0. The number of rotatable bonds is 7. The highest BCUT2D eigenvalue weighted by Gasteiger charge is 2.63. The first-order valence-electron chi connectivity index (χ1n) is 13.9. The fourth-order valence-electron chi connectivity index (χ4n) is 8.39. The quantitative estimate of drug-likeness (QED) is 0.224. The molecule has 3 saturated carbocycles. The van der Waals surface area contributed by atoms with Crippen LogP contribution in [0, 0.1) is 40.4 Å². The molecule has 9 nitrogen and oxygen atoms in total. The molecule has 0 aromatic heterocycles. The zero-order valence-corrected chi connectivity index (χ0v) is 23.7. The number of hydrogen-bond donors (Lipinski definition) is 4. The lowest BCUT2D eigenvalue weighted by Gasteiger charge is -2.58. The van der Waals surface area contributed by atoms with E-state index < -0.39 is 23.8 Å². The Kier molecular flexibility index (Phi) is 8.03. The van der Waals surface area contributed by atoms with Crippen molar-refractivity contribution in [2.24, 2.45) is 45.5 Å². The number of carbonyl (C=O) groups is 4. The van der Waals surface area contributed by atoms with Gasteiger partial charge in [0, 0.05) is 28.5 Å². The van der Waals surface area contributed by atoms with E-state index in [0.29, 0.717) is 29.7 Å². The summed E-state index contributed by atoms with van der Waals surface area (Å²) in [5, 5.41) is 20.9. The minimum atomic E-state index is -0.501. The average molecular weight is 539 g/mol. The Hall–Kier alpha value is -3.07. The molecule has 4 aliphatic carbocycles. The number of carbonyl (C=O) groups excluding carboxylic acids is 4. The number of hydrazone groups is 1. The van der Waals surface area contributed by atoms with Gasteiger partial charge < -0.3 is 15.7 Å². The van der Waals surface area contributed by atoms with Crippen LogP contribution in [0.5, 0.6) is 0 Å². The highest BCUT2D eigenvalue weighted by Crippen LogP contribution is 2.67. The van der Waals surface area contributed by atoms with Gasteiger partial charge in [0.25, 0.3) is 5.91 Å². The fourth-order valence-corrected chi connectivity index (χ4v) is 8.39. The fraction of sp³-hybridized carbons (Fsp3) is 0.633. The summed E-state index contributed by atoms with van der Waals surface area (Å²) in [6.07, 6.45) is 8.47. The lowest BCUT2D eigenvalue weighted by Crippen LogP contribution is -2.56. The molecule has 0 aromatic carbocycles. The second-order valence-corrected chi connectivity index (χ2v) is 12.5. The van der Waals surface area contributed by atoms with E-state index in [1.807, 2.05) is 13.0 Å². The minimum Gasteiger partial charge on any atom is -0.393 e. The number of allylic oxidation sites excluding steroid dienone is 4. The first-order valence-corrected chi connectivity index (χ1v) is 13.9. The number of fused-ring (bicyclic) bond motifs is 5. The van der Waals surface area contributed by atoms with E-state index in [2.05, 4.69) is 48.5 Å². The Labute approximate surface area is 230 Å². The van der Waals surface area contributed by atoms with Crippen LogP contribution >= 0.6 is 0 Å². The number of ketones is 1. The van der Waals surface area contributed by atoms with Gasteiger partial charge in [0.05, 0.1) is 19.2 Å². The van der Waals surface area contributed by atoms with Crippen LogP contribution in [0.15, 0.2) is 41.1 Å². The molecule has 39 heavy (non-hydrogen) atoms. The molecule has 0 spiro atoms. The lowest BCUT2D eigenvalue weighted by molar-refractivity contribution is -0.126. The molecule has 4 aliphatic rings. The van der Waals surface area contributed by atoms with Crippen molar-refractivity contribution >= 4 is 29.2 Å². The van der Waals surface area contributed by atoms with E-state index in [4.69, 9.17) is 0 Å². The monoisotopic (exact) mass is 538 g/mol. The van der Waals surface area contributed by atoms with Crippen LogP contribution in [-0.4, -0.2) is 53.5 Å². The molecule has 0 aromatic rings. The van der Waals surface area contributed by atoms with Gasteiger partial charge in [-0.05, 0) is 74.9 Å². The number of aliphatic hydroxyl groups excluding tert-OH is 1. The third-order valence-corrected chi connectivity index (χ3v) is 9.89. The number of amides is 3. The Morgan fingerprint density at radius 1 is 1.15 bits per heavy atom. The first kappa shape index (κ1) is 28.9. The zero-order valence-electron chi connectivity index (χ0n) is 23.7. The van der Waals surface area contributed by atoms with E-state index in [9.17, 15) is 24.3 Å². The molecule has 0 radical (unpaired) electrons. The van der Waals surface area contributed by atoms with Crippen LogP contribution in [0.2, 0.25) is 0 Å². The Balaban J connectivity index is 1.41. The van der Waals surface area contributed by atoms with Gasteiger partial charge in [-0.1, -0.05) is 39.0 Å². The summed E-state index contributed by atoms with van der Waals surface area (Å²) in [5.74, 6) is -0.0734. The summed E-state index contributed by atoms with van der Waals surface area (Å²) in [5.41, 5.74) is 4.36. The van der Waals surface area contributed by atoms with Gasteiger partial charge in [0.2, 0.25) is 11.8 Å². The highest BCUT2D eigenvalue weighted by molar-refractivity contribution is 6.01. The average Bonchev–Trinajstić information content (AvgIpc) is 3.13. The largest absolute Gasteiger partial charge is 0.393 e. The first-order chi connectivity index (χ1) is 18.3. The number of nitrogens with one attached hydrogen (secondary N) is 3. The van der Waals surface area contributed by atoms with Gasteiger partial charge >= 0.3 is 0 Å². The van der Waals surface area contributed by atoms with Gasteiger partial charge in [-0.25, -0.2) is 5.43 Å². The predicted octanol–water partition coefficient (Wildman–Crippen LogP) is 2.43. The van der Waals surface area contributed by atoms with Crippen molar-refractivity contribution in [1.82, 2.24) is 16.1 Å². The molecule has 0 saturated heterocycles. The van der Waals surface area contributed by atoms with Crippen molar-refractivity contribution in [1.29, 1.82) is 0 Å². The van der Waals surface area contributed by atoms with Crippen LogP contribution in [0.3, 0.4) is 0 Å². The van der Waals surface area contributed by atoms with Crippen molar-refractivity contribution in [2.45, 2.75) is 66.4 Å². The van der Waals surface area contributed by atoms with Crippen molar-refractivity contribution in [3.63, 3.8) is 0 Å². The van der Waals surface area contributed by atoms with E-state index >= 15 is 0 Å². The van der Waals surface area contributed by atoms with E-state index in [1.54, 1.807) is 19.1 Å². The van der Waals surface area contributed by atoms with Crippen LogP contribution in [0.4, 0.5) is 0 Å². The van der Waals surface area contributed by atoms with Crippen molar-refractivity contribution in [2.75, 3.05) is 13.1 Å². The Bertz CT molecular complexity index is 1170. The zero-order chi connectivity index (χ0) is 28.7. The lowest BCUT2D eigenvalue weighted by atomic mass is 9.46. The molecule has 3 fully saturated rings. The molecule has 8 atom stereocenters. The Morgan fingerprint density at radius 2 is 1.85 bits per heavy atom. The third-order valence-electron chi connectivity index (χ3n) is 9.89. The Morgan fingerprint density at radius 3 is 2.54 bits per heavy atom. The molecule has 4 N–H and O–H groups in total. The molecular formula is C30H42N4O5. The molecule has 3 amide bonds. The molecule has 0 bridgehead atoms. The number of aliphatic hydroxyl groups is 1. The summed E-state index contributed by atoms with van der Waals surface area (Å²) in [7, 11) is 0. The summed E-state index contributed by atoms with van der Waals surface area (Å²) in [4.78, 5) is 47.9. The molecule has 9 heteroatoms. The maximum Gasteiger partial charge on any atom is 0.259 e. The van der Waals surface area contributed by atoms with Crippen molar-refractivity contribution < 1.29 is 24.3 Å². The molecule has 4 rings (SSSR count). The van der Waals surface area contributed by atoms with E-state index in [1.165, 1.54) is 0 Å².